The number of nitrogens with zero attached hydrogens (tertiary/aromatic N) is 3. The fourth-order valence-corrected chi connectivity index (χ4v) is 3.37. The van der Waals surface area contributed by atoms with Gasteiger partial charge < -0.3 is 5.32 Å². The summed E-state index contributed by atoms with van der Waals surface area (Å²) in [6, 6.07) is 5.95. The van der Waals surface area contributed by atoms with Gasteiger partial charge in [-0.15, -0.1) is 0 Å². The SMILES string of the molecule is CC(C)NC(=O)c1cnn2c(C(F)(F)F)cc(-c3cccc(S(C)(=O)=O)c3)nc12. The summed E-state index contributed by atoms with van der Waals surface area (Å²) in [4.78, 5) is 16.5. The van der Waals surface area contributed by atoms with E-state index in [1.165, 1.54) is 24.3 Å². The summed E-state index contributed by atoms with van der Waals surface area (Å²) in [6.07, 6.45) is -2.76. The molecule has 1 N–H and O–H groups in total. The highest BCUT2D eigenvalue weighted by molar-refractivity contribution is 7.90. The average molecular weight is 426 g/mol. The van der Waals surface area contributed by atoms with Gasteiger partial charge in [-0.3, -0.25) is 4.79 Å². The Balaban J connectivity index is 2.27. The van der Waals surface area contributed by atoms with Crippen molar-refractivity contribution >= 4 is 21.4 Å². The minimum Gasteiger partial charge on any atom is -0.350 e. The molecule has 2 aromatic heterocycles. The van der Waals surface area contributed by atoms with E-state index in [1.807, 2.05) is 0 Å². The number of carbonyl (C=O) groups is 1. The van der Waals surface area contributed by atoms with Gasteiger partial charge >= 0.3 is 6.18 Å². The summed E-state index contributed by atoms with van der Waals surface area (Å²) in [5, 5.41) is 6.27. The van der Waals surface area contributed by atoms with Crippen molar-refractivity contribution in [1.82, 2.24) is 19.9 Å². The number of aromatic nitrogens is 3. The molecule has 0 fully saturated rings. The first-order valence-electron chi connectivity index (χ1n) is 8.45. The highest BCUT2D eigenvalue weighted by Crippen LogP contribution is 2.33. The number of carbonyl (C=O) groups excluding carboxylic acids is 1. The van der Waals surface area contributed by atoms with E-state index in [1.54, 1.807) is 13.8 Å². The van der Waals surface area contributed by atoms with Crippen LogP contribution >= 0.6 is 0 Å². The zero-order chi connectivity index (χ0) is 21.6. The molecule has 3 aromatic rings. The number of hydrogen-bond donors (Lipinski definition) is 1. The van der Waals surface area contributed by atoms with Gasteiger partial charge in [0.2, 0.25) is 0 Å². The quantitative estimate of drug-likeness (QED) is 0.692. The molecule has 2 heterocycles. The molecule has 29 heavy (non-hydrogen) atoms. The molecule has 0 aliphatic heterocycles. The molecule has 3 rings (SSSR count). The van der Waals surface area contributed by atoms with Crippen LogP contribution in [0.5, 0.6) is 0 Å². The Hall–Kier alpha value is -2.95. The van der Waals surface area contributed by atoms with Crippen LogP contribution < -0.4 is 5.32 Å². The second-order valence-corrected chi connectivity index (χ2v) is 8.76. The zero-order valence-corrected chi connectivity index (χ0v) is 16.5. The van der Waals surface area contributed by atoms with E-state index < -0.39 is 27.6 Å². The van der Waals surface area contributed by atoms with Gasteiger partial charge in [0.1, 0.15) is 5.56 Å². The minimum absolute atomic E-state index is 0.0588. The number of sulfone groups is 1. The number of amides is 1. The molecule has 7 nitrogen and oxygen atoms in total. The van der Waals surface area contributed by atoms with E-state index in [0.29, 0.717) is 4.52 Å². The van der Waals surface area contributed by atoms with Crippen LogP contribution in [0.3, 0.4) is 0 Å². The number of alkyl halides is 3. The summed E-state index contributed by atoms with van der Waals surface area (Å²) in [5.41, 5.74) is -1.50. The summed E-state index contributed by atoms with van der Waals surface area (Å²) in [5.74, 6) is -0.613. The Morgan fingerprint density at radius 1 is 1.21 bits per heavy atom. The minimum atomic E-state index is -4.78. The number of nitrogens with one attached hydrogen (secondary N) is 1. The Labute approximate surface area is 164 Å². The maximum atomic E-state index is 13.6. The van der Waals surface area contributed by atoms with Crippen LogP contribution in [0, 0.1) is 0 Å². The number of halogens is 3. The molecule has 0 atom stereocenters. The molecule has 154 valence electrons. The first kappa shape index (κ1) is 20.8. The molecular formula is C18H17F3N4O3S. The molecule has 11 heteroatoms. The van der Waals surface area contributed by atoms with Crippen LogP contribution in [0.15, 0.2) is 41.4 Å². The first-order chi connectivity index (χ1) is 13.4. The van der Waals surface area contributed by atoms with Crippen LogP contribution in [0.4, 0.5) is 13.2 Å². The van der Waals surface area contributed by atoms with Gasteiger partial charge in [-0.25, -0.2) is 17.9 Å². The van der Waals surface area contributed by atoms with Gasteiger partial charge in [0, 0.05) is 17.9 Å². The third-order valence-electron chi connectivity index (χ3n) is 3.98. The number of fused-ring (bicyclic) bond motifs is 1. The predicted octanol–water partition coefficient (Wildman–Crippen LogP) is 2.96. The van der Waals surface area contributed by atoms with Crippen molar-refractivity contribution in [2.45, 2.75) is 31.0 Å². The fraction of sp³-hybridized carbons (Fsp3) is 0.278. The molecule has 0 saturated heterocycles. The molecule has 1 aromatic carbocycles. The lowest BCUT2D eigenvalue weighted by Crippen LogP contribution is -2.30. The van der Waals surface area contributed by atoms with Gasteiger partial charge in [-0.1, -0.05) is 12.1 Å². The number of hydrogen-bond acceptors (Lipinski definition) is 5. The van der Waals surface area contributed by atoms with Crippen molar-refractivity contribution in [1.29, 1.82) is 0 Å². The van der Waals surface area contributed by atoms with Crippen LogP contribution in [0.1, 0.15) is 29.9 Å². The topological polar surface area (TPSA) is 93.4 Å². The molecule has 0 spiro atoms. The van der Waals surface area contributed by atoms with Crippen molar-refractivity contribution in [3.63, 3.8) is 0 Å². The standard InChI is InChI=1S/C18H17F3N4O3S/c1-10(2)23-17(26)13-9-22-25-15(18(19,20)21)8-14(24-16(13)25)11-5-4-6-12(7-11)29(3,27)28/h4-10H,1-3H3,(H,23,26). The second kappa shape index (κ2) is 7.14. The van der Waals surface area contributed by atoms with E-state index in [-0.39, 0.29) is 33.4 Å². The maximum absolute atomic E-state index is 13.6. The smallest absolute Gasteiger partial charge is 0.350 e. The van der Waals surface area contributed by atoms with Crippen LogP contribution in [-0.2, 0) is 16.0 Å². The van der Waals surface area contributed by atoms with Crippen molar-refractivity contribution < 1.29 is 26.4 Å². The highest BCUT2D eigenvalue weighted by Gasteiger charge is 2.36. The lowest BCUT2D eigenvalue weighted by atomic mass is 10.1. The van der Waals surface area contributed by atoms with Crippen molar-refractivity contribution in [2.24, 2.45) is 0 Å². The second-order valence-electron chi connectivity index (χ2n) is 6.75. The number of rotatable bonds is 4. The van der Waals surface area contributed by atoms with Crippen LogP contribution in [0.2, 0.25) is 0 Å². The number of benzene rings is 1. The van der Waals surface area contributed by atoms with Gasteiger partial charge in [0.25, 0.3) is 5.91 Å². The molecule has 1 amide bonds. The summed E-state index contributed by atoms with van der Waals surface area (Å²) >= 11 is 0. The lowest BCUT2D eigenvalue weighted by molar-refractivity contribution is -0.142. The molecule has 0 bridgehead atoms. The molecule has 0 unspecified atom stereocenters. The lowest BCUT2D eigenvalue weighted by Gasteiger charge is -2.12. The molecule has 0 aliphatic carbocycles. The summed E-state index contributed by atoms with van der Waals surface area (Å²) in [6.45, 7) is 3.42. The van der Waals surface area contributed by atoms with E-state index in [0.717, 1.165) is 18.5 Å². The average Bonchev–Trinajstić information content (AvgIpc) is 3.02. The predicted molar refractivity (Wildman–Crippen MR) is 99.1 cm³/mol. The van der Waals surface area contributed by atoms with E-state index >= 15 is 0 Å². The zero-order valence-electron chi connectivity index (χ0n) is 15.6. The Kier molecular flexibility index (Phi) is 5.11. The largest absolute Gasteiger partial charge is 0.433 e. The van der Waals surface area contributed by atoms with E-state index in [2.05, 4.69) is 15.4 Å². The van der Waals surface area contributed by atoms with Gasteiger partial charge in [0.15, 0.2) is 21.2 Å². The van der Waals surface area contributed by atoms with Crippen molar-refractivity contribution in [3.8, 4) is 11.3 Å². The Morgan fingerprint density at radius 3 is 2.48 bits per heavy atom. The summed E-state index contributed by atoms with van der Waals surface area (Å²) < 4.78 is 65.0. The van der Waals surface area contributed by atoms with Crippen LogP contribution in [-0.4, -0.2) is 41.2 Å². The monoisotopic (exact) mass is 426 g/mol. The molecule has 0 radical (unpaired) electrons. The third kappa shape index (κ3) is 4.24. The van der Waals surface area contributed by atoms with Crippen LogP contribution in [0.25, 0.3) is 16.9 Å². The first-order valence-corrected chi connectivity index (χ1v) is 10.3. The molecule has 0 saturated carbocycles. The van der Waals surface area contributed by atoms with E-state index in [4.69, 9.17) is 0 Å². The third-order valence-corrected chi connectivity index (χ3v) is 5.09. The van der Waals surface area contributed by atoms with E-state index in [9.17, 15) is 26.4 Å². The summed E-state index contributed by atoms with van der Waals surface area (Å²) in [7, 11) is -3.57. The van der Waals surface area contributed by atoms with Gasteiger partial charge in [-0.05, 0) is 32.0 Å². The normalized spacial score (nSPS) is 12.5. The maximum Gasteiger partial charge on any atom is 0.433 e. The molecular weight excluding hydrogens is 409 g/mol. The fourth-order valence-electron chi connectivity index (χ4n) is 2.70. The van der Waals surface area contributed by atoms with Crippen molar-refractivity contribution in [2.75, 3.05) is 6.26 Å². The van der Waals surface area contributed by atoms with Gasteiger partial charge in [-0.2, -0.15) is 18.3 Å². The van der Waals surface area contributed by atoms with Crippen molar-refractivity contribution in [3.05, 3.63) is 47.8 Å². The van der Waals surface area contributed by atoms with Gasteiger partial charge in [0.05, 0.1) is 16.8 Å². The Morgan fingerprint density at radius 2 is 1.90 bits per heavy atom. The Bertz CT molecular complexity index is 1200. The highest BCUT2D eigenvalue weighted by atomic mass is 32.2. The molecule has 0 aliphatic rings.